The summed E-state index contributed by atoms with van der Waals surface area (Å²) in [4.78, 5) is 22.7. The maximum absolute atomic E-state index is 12.7. The Balaban J connectivity index is 4.22. The number of phosphoric ester groups is 1. The maximum atomic E-state index is 12.7. The standard InChI is InChI=1S/C54H91O9P/c1-3-5-7-9-11-13-15-17-19-21-23-25-26-27-28-30-32-34-36-38-40-42-44-46-54(57)63-53(51-62-64(58,59)61-49-52(56)48-55)50-60-47-45-43-41-39-37-35-33-31-29-24-22-20-18-16-14-12-10-8-6-4-2/h5,7,11-14,17-20,23-25,27-29,32,34,52-53,55-56H,3-4,6,8-10,15-16,21-22,26,30-31,33,35-51H2,1-2H3,(H,58,59)/b7-5-,13-11-,14-12-,19-17-,20-18-,25-23-,28-27-,29-24-,34-32-. The molecule has 3 N–H and O–H groups in total. The summed E-state index contributed by atoms with van der Waals surface area (Å²) >= 11 is 0. The first-order valence-corrected chi connectivity index (χ1v) is 26.4. The van der Waals surface area contributed by atoms with Gasteiger partial charge in [0.15, 0.2) is 0 Å². The van der Waals surface area contributed by atoms with Crippen LogP contribution in [0.4, 0.5) is 0 Å². The van der Waals surface area contributed by atoms with Gasteiger partial charge in [-0.25, -0.2) is 4.57 Å². The molecule has 0 radical (unpaired) electrons. The molecule has 10 heteroatoms. The molecule has 3 unspecified atom stereocenters. The van der Waals surface area contributed by atoms with E-state index in [1.807, 2.05) is 0 Å². The van der Waals surface area contributed by atoms with Crippen molar-refractivity contribution in [1.82, 2.24) is 0 Å². The Bertz CT molecular complexity index is 1360. The Morgan fingerprint density at radius 3 is 1.34 bits per heavy atom. The summed E-state index contributed by atoms with van der Waals surface area (Å²) in [6.07, 6.45) is 64.7. The van der Waals surface area contributed by atoms with Crippen LogP contribution in [0.3, 0.4) is 0 Å². The lowest BCUT2D eigenvalue weighted by Crippen LogP contribution is -2.29. The largest absolute Gasteiger partial charge is 0.472 e. The van der Waals surface area contributed by atoms with Crippen molar-refractivity contribution >= 4 is 13.8 Å². The molecule has 0 amide bonds. The van der Waals surface area contributed by atoms with Crippen molar-refractivity contribution in [2.24, 2.45) is 0 Å². The lowest BCUT2D eigenvalue weighted by molar-refractivity contribution is -0.154. The van der Waals surface area contributed by atoms with Gasteiger partial charge in [-0.1, -0.05) is 181 Å². The number of unbranched alkanes of at least 4 members (excludes halogenated alkanes) is 14. The van der Waals surface area contributed by atoms with Crippen LogP contribution in [0.2, 0.25) is 0 Å². The molecule has 0 aromatic rings. The highest BCUT2D eigenvalue weighted by molar-refractivity contribution is 7.47. The molecule has 0 aliphatic rings. The van der Waals surface area contributed by atoms with E-state index in [9.17, 15) is 19.4 Å². The Kier molecular flexibility index (Phi) is 47.3. The van der Waals surface area contributed by atoms with Gasteiger partial charge in [-0.15, -0.1) is 0 Å². The molecule has 366 valence electrons. The maximum Gasteiger partial charge on any atom is 0.472 e. The SMILES string of the molecule is CC/C=C\C/C=C\C/C=C\C/C=C\C/C=C\C/C=C\CCCCCCC(=O)OC(COCCCCCCCCC/C=C\C/C=C\C/C=C\CCCCC)COP(=O)(O)OCC(O)CO. The van der Waals surface area contributed by atoms with Crippen molar-refractivity contribution in [3.05, 3.63) is 109 Å². The lowest BCUT2D eigenvalue weighted by Gasteiger charge is -2.20. The van der Waals surface area contributed by atoms with E-state index in [4.69, 9.17) is 23.6 Å². The number of carbonyl (C=O) groups is 1. The number of rotatable bonds is 46. The fourth-order valence-electron chi connectivity index (χ4n) is 6.19. The second-order valence-corrected chi connectivity index (χ2v) is 17.5. The zero-order chi connectivity index (χ0) is 46.7. The zero-order valence-electron chi connectivity index (χ0n) is 40.2. The number of hydrogen-bond donors (Lipinski definition) is 3. The Morgan fingerprint density at radius 2 is 0.891 bits per heavy atom. The van der Waals surface area contributed by atoms with Gasteiger partial charge >= 0.3 is 13.8 Å². The summed E-state index contributed by atoms with van der Waals surface area (Å²) in [7, 11) is -4.54. The molecule has 0 fully saturated rings. The smallest absolute Gasteiger partial charge is 0.457 e. The molecular formula is C54H91O9P. The van der Waals surface area contributed by atoms with Crippen LogP contribution >= 0.6 is 7.82 Å². The third-order valence-corrected chi connectivity index (χ3v) is 10.9. The quantitative estimate of drug-likeness (QED) is 0.0236. The molecule has 64 heavy (non-hydrogen) atoms. The third-order valence-electron chi connectivity index (χ3n) is 9.94. The Labute approximate surface area is 390 Å². The van der Waals surface area contributed by atoms with Gasteiger partial charge in [-0.2, -0.15) is 0 Å². The van der Waals surface area contributed by atoms with Gasteiger partial charge in [-0.05, 0) is 103 Å². The minimum Gasteiger partial charge on any atom is -0.457 e. The molecule has 0 rings (SSSR count). The molecule has 0 saturated carbocycles. The van der Waals surface area contributed by atoms with E-state index in [2.05, 4.69) is 123 Å². The molecule has 0 aromatic heterocycles. The molecule has 0 aromatic carbocycles. The van der Waals surface area contributed by atoms with Gasteiger partial charge in [0.2, 0.25) is 0 Å². The Hall–Kier alpha value is -2.88. The molecule has 3 atom stereocenters. The second kappa shape index (κ2) is 49.6. The molecule has 0 saturated heterocycles. The predicted octanol–water partition coefficient (Wildman–Crippen LogP) is 14.6. The number of allylic oxidation sites excluding steroid dienone is 18. The van der Waals surface area contributed by atoms with Crippen LogP contribution < -0.4 is 0 Å². The fourth-order valence-corrected chi connectivity index (χ4v) is 6.98. The van der Waals surface area contributed by atoms with Gasteiger partial charge in [0, 0.05) is 13.0 Å². The summed E-state index contributed by atoms with van der Waals surface area (Å²) in [5, 5.41) is 18.4. The van der Waals surface area contributed by atoms with E-state index in [1.54, 1.807) is 0 Å². The van der Waals surface area contributed by atoms with Crippen molar-refractivity contribution in [3.63, 3.8) is 0 Å². The van der Waals surface area contributed by atoms with Crippen LogP contribution in [0.25, 0.3) is 0 Å². The van der Waals surface area contributed by atoms with E-state index in [0.717, 1.165) is 103 Å². The number of carbonyl (C=O) groups excluding carboxylic acids is 1. The molecular weight excluding hydrogens is 824 g/mol. The molecule has 0 aliphatic carbocycles. The van der Waals surface area contributed by atoms with Gasteiger partial charge in [0.1, 0.15) is 12.2 Å². The molecule has 0 spiro atoms. The van der Waals surface area contributed by atoms with Crippen molar-refractivity contribution in [2.75, 3.05) is 33.0 Å². The summed E-state index contributed by atoms with van der Waals surface area (Å²) in [6.45, 7) is 3.30. The van der Waals surface area contributed by atoms with Gasteiger partial charge < -0.3 is 24.6 Å². The van der Waals surface area contributed by atoms with Crippen LogP contribution in [0.5, 0.6) is 0 Å². The number of phosphoric acid groups is 1. The van der Waals surface area contributed by atoms with Crippen LogP contribution in [0.1, 0.15) is 181 Å². The fraction of sp³-hybridized carbons (Fsp3) is 0.648. The molecule has 9 nitrogen and oxygen atoms in total. The third kappa shape index (κ3) is 48.6. The van der Waals surface area contributed by atoms with Crippen LogP contribution in [-0.4, -0.2) is 66.3 Å². The first-order chi connectivity index (χ1) is 31.3. The number of ether oxygens (including phenoxy) is 2. The van der Waals surface area contributed by atoms with E-state index in [-0.39, 0.29) is 13.0 Å². The summed E-state index contributed by atoms with van der Waals surface area (Å²) in [5.74, 6) is -0.414. The van der Waals surface area contributed by atoms with E-state index in [0.29, 0.717) is 13.0 Å². The summed E-state index contributed by atoms with van der Waals surface area (Å²) in [6, 6.07) is 0. The van der Waals surface area contributed by atoms with E-state index < -0.39 is 45.8 Å². The molecule has 0 bridgehead atoms. The highest BCUT2D eigenvalue weighted by atomic mass is 31.2. The van der Waals surface area contributed by atoms with Crippen LogP contribution in [0.15, 0.2) is 109 Å². The average molecular weight is 915 g/mol. The van der Waals surface area contributed by atoms with E-state index >= 15 is 0 Å². The Morgan fingerprint density at radius 1 is 0.500 bits per heavy atom. The molecule has 0 aliphatic heterocycles. The highest BCUT2D eigenvalue weighted by Crippen LogP contribution is 2.43. The van der Waals surface area contributed by atoms with Gasteiger partial charge in [0.05, 0.1) is 26.4 Å². The normalized spacial score (nSPS) is 14.8. The van der Waals surface area contributed by atoms with Gasteiger partial charge in [0.25, 0.3) is 0 Å². The average Bonchev–Trinajstić information content (AvgIpc) is 3.29. The minimum atomic E-state index is -4.54. The first-order valence-electron chi connectivity index (χ1n) is 24.9. The minimum absolute atomic E-state index is 0.0243. The van der Waals surface area contributed by atoms with Crippen LogP contribution in [0, 0.1) is 0 Å². The van der Waals surface area contributed by atoms with Gasteiger partial charge in [-0.3, -0.25) is 13.8 Å². The summed E-state index contributed by atoms with van der Waals surface area (Å²) < 4.78 is 33.5. The van der Waals surface area contributed by atoms with Crippen LogP contribution in [-0.2, 0) is 27.9 Å². The monoisotopic (exact) mass is 915 g/mol. The van der Waals surface area contributed by atoms with E-state index in [1.165, 1.54) is 51.4 Å². The number of aliphatic hydroxyl groups excluding tert-OH is 2. The first kappa shape index (κ1) is 61.1. The van der Waals surface area contributed by atoms with Crippen molar-refractivity contribution in [1.29, 1.82) is 0 Å². The topological polar surface area (TPSA) is 132 Å². The van der Waals surface area contributed by atoms with Crippen molar-refractivity contribution < 1.29 is 43.0 Å². The number of hydrogen-bond acceptors (Lipinski definition) is 8. The second-order valence-electron chi connectivity index (χ2n) is 16.1. The number of esters is 1. The highest BCUT2D eigenvalue weighted by Gasteiger charge is 2.26. The number of aliphatic hydroxyl groups is 2. The zero-order valence-corrected chi connectivity index (χ0v) is 41.1. The van der Waals surface area contributed by atoms with Crippen molar-refractivity contribution in [3.8, 4) is 0 Å². The van der Waals surface area contributed by atoms with Crippen molar-refractivity contribution in [2.45, 2.75) is 193 Å². The molecule has 0 heterocycles. The predicted molar refractivity (Wildman–Crippen MR) is 269 cm³/mol. The lowest BCUT2D eigenvalue weighted by atomic mass is 10.1. The summed E-state index contributed by atoms with van der Waals surface area (Å²) in [5.41, 5.74) is 0.